The highest BCUT2D eigenvalue weighted by atomic mass is 19.4. The van der Waals surface area contributed by atoms with E-state index >= 15 is 0 Å². The Morgan fingerprint density at radius 3 is 2.38 bits per heavy atom. The predicted octanol–water partition coefficient (Wildman–Crippen LogP) is 3.78. The summed E-state index contributed by atoms with van der Waals surface area (Å²) in [6, 6.07) is 0. The fourth-order valence-electron chi connectivity index (χ4n) is 2.48. The molecule has 0 amide bonds. The van der Waals surface area contributed by atoms with Gasteiger partial charge in [0.05, 0.1) is 11.3 Å². The summed E-state index contributed by atoms with van der Waals surface area (Å²) < 4.78 is 38.5. The Morgan fingerprint density at radius 2 is 1.81 bits per heavy atom. The van der Waals surface area contributed by atoms with Crippen molar-refractivity contribution in [3.63, 3.8) is 0 Å². The van der Waals surface area contributed by atoms with E-state index < -0.39 is 11.7 Å². The van der Waals surface area contributed by atoms with Crippen molar-refractivity contribution in [2.75, 3.05) is 0 Å². The van der Waals surface area contributed by atoms with Gasteiger partial charge in [0.15, 0.2) is 0 Å². The summed E-state index contributed by atoms with van der Waals surface area (Å²) in [5, 5.41) is 6.33. The van der Waals surface area contributed by atoms with Crippen LogP contribution in [0.1, 0.15) is 55.0 Å². The summed E-state index contributed by atoms with van der Waals surface area (Å²) >= 11 is 0. The van der Waals surface area contributed by atoms with E-state index in [1.54, 1.807) is 0 Å². The van der Waals surface area contributed by atoms with Crippen LogP contribution in [0.4, 0.5) is 13.2 Å². The fraction of sp³-hybridized carbons (Fsp3) is 0.727. The predicted molar refractivity (Wildman–Crippen MR) is 54.2 cm³/mol. The average Bonchev–Trinajstić information content (AvgIpc) is 2.61. The summed E-state index contributed by atoms with van der Waals surface area (Å²) in [5.41, 5.74) is -0.183. The Bertz CT molecular complexity index is 362. The third-order valence-corrected chi connectivity index (χ3v) is 3.25. The molecule has 0 unspecified atom stereocenters. The van der Waals surface area contributed by atoms with Crippen molar-refractivity contribution in [1.82, 2.24) is 10.2 Å². The lowest BCUT2D eigenvalue weighted by molar-refractivity contribution is -0.138. The zero-order valence-corrected chi connectivity index (χ0v) is 9.19. The number of nitrogens with zero attached hydrogens (tertiary/aromatic N) is 1. The molecule has 5 heteroatoms. The number of rotatable bonds is 1. The Balaban J connectivity index is 2.33. The van der Waals surface area contributed by atoms with Gasteiger partial charge in [-0.1, -0.05) is 19.3 Å². The van der Waals surface area contributed by atoms with Crippen molar-refractivity contribution < 1.29 is 13.2 Å². The monoisotopic (exact) mass is 232 g/mol. The molecule has 1 heterocycles. The van der Waals surface area contributed by atoms with Crippen LogP contribution in [-0.2, 0) is 6.18 Å². The number of H-pyrrole nitrogens is 1. The molecule has 0 bridgehead atoms. The zero-order valence-electron chi connectivity index (χ0n) is 9.19. The highest BCUT2D eigenvalue weighted by molar-refractivity contribution is 5.30. The third kappa shape index (κ3) is 2.08. The number of halogens is 3. The third-order valence-electron chi connectivity index (χ3n) is 3.25. The van der Waals surface area contributed by atoms with Gasteiger partial charge in [0.25, 0.3) is 0 Å². The summed E-state index contributed by atoms with van der Waals surface area (Å²) in [6.45, 7) is 1.43. The molecule has 0 saturated heterocycles. The van der Waals surface area contributed by atoms with Gasteiger partial charge >= 0.3 is 6.18 Å². The summed E-state index contributed by atoms with van der Waals surface area (Å²) in [7, 11) is 0. The molecule has 0 atom stereocenters. The maximum absolute atomic E-state index is 12.8. The Labute approximate surface area is 92.2 Å². The molecule has 0 spiro atoms. The van der Waals surface area contributed by atoms with Crippen LogP contribution in [0.3, 0.4) is 0 Å². The standard InChI is InChI=1S/C11H15F3N2/c1-7-9(11(12,13)14)10(16-15-7)8-5-3-2-4-6-8/h8H,2-6H2,1H3,(H,15,16). The summed E-state index contributed by atoms with van der Waals surface area (Å²) in [5.74, 6) is -0.0182. The van der Waals surface area contributed by atoms with E-state index in [1.165, 1.54) is 6.92 Å². The second-order valence-corrected chi connectivity index (χ2v) is 4.44. The van der Waals surface area contributed by atoms with Crippen LogP contribution in [-0.4, -0.2) is 10.2 Å². The number of hydrogen-bond acceptors (Lipinski definition) is 1. The van der Waals surface area contributed by atoms with Crippen LogP contribution in [0, 0.1) is 6.92 Å². The maximum atomic E-state index is 12.8. The average molecular weight is 232 g/mol. The largest absolute Gasteiger partial charge is 0.419 e. The van der Waals surface area contributed by atoms with Gasteiger partial charge < -0.3 is 0 Å². The maximum Gasteiger partial charge on any atom is 0.419 e. The van der Waals surface area contributed by atoms with Crippen LogP contribution < -0.4 is 0 Å². The first kappa shape index (κ1) is 11.5. The first-order chi connectivity index (χ1) is 7.50. The number of alkyl halides is 3. The summed E-state index contributed by atoms with van der Waals surface area (Å²) in [4.78, 5) is 0. The van der Waals surface area contributed by atoms with Crippen molar-refractivity contribution in [2.45, 2.75) is 51.1 Å². The molecule has 1 aliphatic rings. The number of aryl methyl sites for hydroxylation is 1. The van der Waals surface area contributed by atoms with Gasteiger partial charge in [-0.15, -0.1) is 0 Å². The molecule has 1 aromatic rings. The molecule has 2 nitrogen and oxygen atoms in total. The fourth-order valence-corrected chi connectivity index (χ4v) is 2.48. The van der Waals surface area contributed by atoms with Crippen molar-refractivity contribution in [3.05, 3.63) is 17.0 Å². The van der Waals surface area contributed by atoms with E-state index in [4.69, 9.17) is 0 Å². The molecule has 1 N–H and O–H groups in total. The van der Waals surface area contributed by atoms with Crippen LogP contribution in [0.15, 0.2) is 0 Å². The molecule has 1 saturated carbocycles. The molecule has 1 aliphatic carbocycles. The quantitative estimate of drug-likeness (QED) is 0.784. The SMILES string of the molecule is Cc1[nH]nc(C2CCCCC2)c1C(F)(F)F. The second-order valence-electron chi connectivity index (χ2n) is 4.44. The first-order valence-electron chi connectivity index (χ1n) is 5.62. The first-order valence-corrected chi connectivity index (χ1v) is 5.62. The molecular weight excluding hydrogens is 217 g/mol. The highest BCUT2D eigenvalue weighted by Gasteiger charge is 2.39. The van der Waals surface area contributed by atoms with Gasteiger partial charge in [0, 0.05) is 11.6 Å². The lowest BCUT2D eigenvalue weighted by atomic mass is 9.85. The number of hydrogen-bond donors (Lipinski definition) is 1. The molecular formula is C11H15F3N2. The highest BCUT2D eigenvalue weighted by Crippen LogP contribution is 2.40. The van der Waals surface area contributed by atoms with Gasteiger partial charge in [-0.2, -0.15) is 18.3 Å². The molecule has 2 rings (SSSR count). The summed E-state index contributed by atoms with van der Waals surface area (Å²) in [6.07, 6.45) is 0.508. The van der Waals surface area contributed by atoms with Gasteiger partial charge in [0.1, 0.15) is 0 Å². The Kier molecular flexibility index (Phi) is 2.95. The molecule has 16 heavy (non-hydrogen) atoms. The minimum Gasteiger partial charge on any atom is -0.282 e. The molecule has 90 valence electrons. The number of aromatic amines is 1. The van der Waals surface area contributed by atoms with Gasteiger partial charge in [-0.25, -0.2) is 0 Å². The molecule has 0 aromatic carbocycles. The molecule has 0 aliphatic heterocycles. The topological polar surface area (TPSA) is 28.7 Å². The van der Waals surface area contributed by atoms with E-state index in [9.17, 15) is 13.2 Å². The number of nitrogens with one attached hydrogen (secondary N) is 1. The minimum absolute atomic E-state index is 0.0182. The zero-order chi connectivity index (χ0) is 11.8. The smallest absolute Gasteiger partial charge is 0.282 e. The minimum atomic E-state index is -4.29. The van der Waals surface area contributed by atoms with Gasteiger partial charge in [0.2, 0.25) is 0 Å². The van der Waals surface area contributed by atoms with E-state index in [0.29, 0.717) is 0 Å². The lowest BCUT2D eigenvalue weighted by Crippen LogP contribution is -2.14. The Hall–Kier alpha value is -1.00. The lowest BCUT2D eigenvalue weighted by Gasteiger charge is -2.21. The van der Waals surface area contributed by atoms with E-state index in [1.807, 2.05) is 0 Å². The van der Waals surface area contributed by atoms with Crippen LogP contribution in [0.2, 0.25) is 0 Å². The molecule has 0 radical (unpaired) electrons. The number of aromatic nitrogens is 2. The van der Waals surface area contributed by atoms with Crippen molar-refractivity contribution in [1.29, 1.82) is 0 Å². The van der Waals surface area contributed by atoms with E-state index in [0.717, 1.165) is 32.1 Å². The van der Waals surface area contributed by atoms with E-state index in [-0.39, 0.29) is 17.3 Å². The van der Waals surface area contributed by atoms with Gasteiger partial charge in [-0.05, 0) is 19.8 Å². The van der Waals surface area contributed by atoms with Crippen LogP contribution >= 0.6 is 0 Å². The van der Waals surface area contributed by atoms with E-state index in [2.05, 4.69) is 10.2 Å². The Morgan fingerprint density at radius 1 is 1.19 bits per heavy atom. The van der Waals surface area contributed by atoms with Crippen molar-refractivity contribution in [2.24, 2.45) is 0 Å². The van der Waals surface area contributed by atoms with Crippen molar-refractivity contribution in [3.8, 4) is 0 Å². The van der Waals surface area contributed by atoms with Crippen LogP contribution in [0.25, 0.3) is 0 Å². The van der Waals surface area contributed by atoms with Gasteiger partial charge in [-0.3, -0.25) is 5.10 Å². The molecule has 1 aromatic heterocycles. The van der Waals surface area contributed by atoms with Crippen LogP contribution in [0.5, 0.6) is 0 Å². The molecule has 1 fully saturated rings. The second kappa shape index (κ2) is 4.11. The normalized spacial score (nSPS) is 19.0. The van der Waals surface area contributed by atoms with Crippen molar-refractivity contribution >= 4 is 0 Å².